The third kappa shape index (κ3) is 5.30. The number of nitro benzene ring substituents is 1. The van der Waals surface area contributed by atoms with Crippen molar-refractivity contribution >= 4 is 23.3 Å². The van der Waals surface area contributed by atoms with Gasteiger partial charge in [-0.1, -0.05) is 12.1 Å². The zero-order valence-corrected chi connectivity index (χ0v) is 14.0. The number of amides is 1. The summed E-state index contributed by atoms with van der Waals surface area (Å²) in [4.78, 5) is 33.7. The second-order valence-corrected chi connectivity index (χ2v) is 5.64. The fourth-order valence-electron chi connectivity index (χ4n) is 2.46. The smallest absolute Gasteiger partial charge is 0.304 e. The van der Waals surface area contributed by atoms with Crippen molar-refractivity contribution in [3.63, 3.8) is 0 Å². The number of carboxylic acid groups (broad SMARTS) is 1. The molecule has 0 saturated carbocycles. The molecule has 0 heterocycles. The van der Waals surface area contributed by atoms with E-state index in [0.717, 1.165) is 5.56 Å². The number of carbonyl (C=O) groups is 2. The fraction of sp³-hybridized carbons (Fsp3) is 0.222. The van der Waals surface area contributed by atoms with Crippen LogP contribution >= 0.6 is 0 Å². The zero-order valence-electron chi connectivity index (χ0n) is 14.0. The van der Waals surface area contributed by atoms with Crippen LogP contribution in [0, 0.1) is 16.0 Å². The normalized spacial score (nSPS) is 11.4. The summed E-state index contributed by atoms with van der Waals surface area (Å²) in [7, 11) is 1.52. The summed E-state index contributed by atoms with van der Waals surface area (Å²) < 4.78 is 5.13. The molecule has 0 aliphatic heterocycles. The number of anilines is 1. The summed E-state index contributed by atoms with van der Waals surface area (Å²) in [6, 6.07) is 12.4. The first kappa shape index (κ1) is 18.9. The third-order valence-corrected chi connectivity index (χ3v) is 3.75. The maximum Gasteiger partial charge on any atom is 0.304 e. The summed E-state index contributed by atoms with van der Waals surface area (Å²) in [6.45, 7) is 0. The number of rotatable bonds is 8. The number of carboxylic acids is 1. The maximum absolute atomic E-state index is 12.5. The fourth-order valence-corrected chi connectivity index (χ4v) is 2.46. The molecule has 26 heavy (non-hydrogen) atoms. The predicted molar refractivity (Wildman–Crippen MR) is 94.2 cm³/mol. The van der Waals surface area contributed by atoms with Gasteiger partial charge in [0.2, 0.25) is 5.91 Å². The van der Waals surface area contributed by atoms with E-state index in [1.807, 2.05) is 0 Å². The van der Waals surface area contributed by atoms with Crippen molar-refractivity contribution in [1.29, 1.82) is 0 Å². The van der Waals surface area contributed by atoms with E-state index in [-0.39, 0.29) is 18.5 Å². The van der Waals surface area contributed by atoms with Crippen molar-refractivity contribution in [3.05, 3.63) is 64.2 Å². The van der Waals surface area contributed by atoms with Crippen LogP contribution < -0.4 is 10.1 Å². The van der Waals surface area contributed by atoms with Gasteiger partial charge < -0.3 is 15.2 Å². The molecule has 136 valence electrons. The van der Waals surface area contributed by atoms with E-state index in [9.17, 15) is 19.7 Å². The van der Waals surface area contributed by atoms with Gasteiger partial charge in [-0.2, -0.15) is 0 Å². The Labute approximate surface area is 149 Å². The molecule has 0 bridgehead atoms. The minimum Gasteiger partial charge on any atom is -0.497 e. The number of non-ortho nitro benzene ring substituents is 1. The average Bonchev–Trinajstić information content (AvgIpc) is 2.61. The average molecular weight is 358 g/mol. The Balaban J connectivity index is 2.12. The molecule has 0 aromatic heterocycles. The molecule has 1 amide bonds. The number of benzene rings is 2. The van der Waals surface area contributed by atoms with Gasteiger partial charge in [0.1, 0.15) is 5.75 Å². The van der Waals surface area contributed by atoms with Gasteiger partial charge in [-0.05, 0) is 36.2 Å². The topological polar surface area (TPSA) is 119 Å². The van der Waals surface area contributed by atoms with Crippen LogP contribution in [0.3, 0.4) is 0 Å². The monoisotopic (exact) mass is 358 g/mol. The molecule has 0 spiro atoms. The van der Waals surface area contributed by atoms with E-state index in [4.69, 9.17) is 9.84 Å². The molecule has 1 atom stereocenters. The first-order valence-electron chi connectivity index (χ1n) is 7.79. The SMILES string of the molecule is COc1cccc(CC(CC(=O)O)C(=O)Nc2ccc([N+](=O)[O-])cc2)c1. The number of hydrogen-bond acceptors (Lipinski definition) is 5. The van der Waals surface area contributed by atoms with Crippen LogP contribution in [0.2, 0.25) is 0 Å². The quantitative estimate of drug-likeness (QED) is 0.553. The Morgan fingerprint density at radius 3 is 2.50 bits per heavy atom. The lowest BCUT2D eigenvalue weighted by atomic mass is 9.95. The zero-order chi connectivity index (χ0) is 19.1. The van der Waals surface area contributed by atoms with Crippen molar-refractivity contribution in [2.45, 2.75) is 12.8 Å². The Bertz CT molecular complexity index is 804. The van der Waals surface area contributed by atoms with Crippen molar-refractivity contribution in [3.8, 4) is 5.75 Å². The van der Waals surface area contributed by atoms with E-state index < -0.39 is 22.7 Å². The van der Waals surface area contributed by atoms with Gasteiger partial charge in [0.15, 0.2) is 0 Å². The highest BCUT2D eigenvalue weighted by Gasteiger charge is 2.23. The van der Waals surface area contributed by atoms with E-state index >= 15 is 0 Å². The predicted octanol–water partition coefficient (Wildman–Crippen LogP) is 2.88. The Kier molecular flexibility index (Phi) is 6.26. The van der Waals surface area contributed by atoms with Crippen molar-refractivity contribution in [2.75, 3.05) is 12.4 Å². The molecule has 8 heteroatoms. The van der Waals surface area contributed by atoms with Gasteiger partial charge in [-0.15, -0.1) is 0 Å². The van der Waals surface area contributed by atoms with Crippen LogP contribution in [0.4, 0.5) is 11.4 Å². The van der Waals surface area contributed by atoms with Crippen LogP contribution in [0.5, 0.6) is 5.75 Å². The standard InChI is InChI=1S/C18H18N2O6/c1-26-16-4-2-3-12(10-16)9-13(11-17(21)22)18(23)19-14-5-7-15(8-6-14)20(24)25/h2-8,10,13H,9,11H2,1H3,(H,19,23)(H,21,22). The summed E-state index contributed by atoms with van der Waals surface area (Å²) in [5, 5.41) is 22.4. The lowest BCUT2D eigenvalue weighted by molar-refractivity contribution is -0.384. The first-order valence-corrected chi connectivity index (χ1v) is 7.79. The van der Waals surface area contributed by atoms with Crippen LogP contribution in [-0.2, 0) is 16.0 Å². The largest absolute Gasteiger partial charge is 0.497 e. The van der Waals surface area contributed by atoms with Gasteiger partial charge in [0.05, 0.1) is 24.4 Å². The number of nitrogens with one attached hydrogen (secondary N) is 1. The summed E-state index contributed by atoms with van der Waals surface area (Å²) >= 11 is 0. The molecule has 1 unspecified atom stereocenters. The number of carbonyl (C=O) groups excluding carboxylic acids is 1. The number of ether oxygens (including phenoxy) is 1. The second-order valence-electron chi connectivity index (χ2n) is 5.64. The molecule has 2 aromatic carbocycles. The van der Waals surface area contributed by atoms with Gasteiger partial charge in [0, 0.05) is 17.8 Å². The van der Waals surface area contributed by atoms with Crippen LogP contribution in [0.15, 0.2) is 48.5 Å². The van der Waals surface area contributed by atoms with Gasteiger partial charge in [0.25, 0.3) is 5.69 Å². The number of nitro groups is 1. The molecular weight excluding hydrogens is 340 g/mol. The van der Waals surface area contributed by atoms with E-state index in [1.54, 1.807) is 24.3 Å². The highest BCUT2D eigenvalue weighted by molar-refractivity contribution is 5.94. The van der Waals surface area contributed by atoms with Crippen molar-refractivity contribution < 1.29 is 24.4 Å². The van der Waals surface area contributed by atoms with Gasteiger partial charge in [-0.25, -0.2) is 0 Å². The Hall–Kier alpha value is -3.42. The van der Waals surface area contributed by atoms with E-state index in [0.29, 0.717) is 11.4 Å². The molecule has 8 nitrogen and oxygen atoms in total. The minimum absolute atomic E-state index is 0.0959. The number of methoxy groups -OCH3 is 1. The second kappa shape index (κ2) is 8.61. The van der Waals surface area contributed by atoms with Crippen LogP contribution in [-0.4, -0.2) is 29.0 Å². The number of nitrogens with zero attached hydrogens (tertiary/aromatic N) is 1. The van der Waals surface area contributed by atoms with Crippen LogP contribution in [0.1, 0.15) is 12.0 Å². The summed E-state index contributed by atoms with van der Waals surface area (Å²) in [5.41, 5.74) is 1.04. The highest BCUT2D eigenvalue weighted by atomic mass is 16.6. The highest BCUT2D eigenvalue weighted by Crippen LogP contribution is 2.21. The maximum atomic E-state index is 12.5. The van der Waals surface area contributed by atoms with Gasteiger partial charge >= 0.3 is 5.97 Å². The van der Waals surface area contributed by atoms with Gasteiger partial charge in [-0.3, -0.25) is 19.7 Å². The Morgan fingerprint density at radius 2 is 1.92 bits per heavy atom. The summed E-state index contributed by atoms with van der Waals surface area (Å²) in [6.07, 6.45) is -0.113. The Morgan fingerprint density at radius 1 is 1.23 bits per heavy atom. The minimum atomic E-state index is -1.09. The molecule has 0 saturated heterocycles. The van der Waals surface area contributed by atoms with E-state index in [2.05, 4.69) is 5.32 Å². The molecular formula is C18H18N2O6. The molecule has 0 radical (unpaired) electrons. The first-order chi connectivity index (χ1) is 12.4. The van der Waals surface area contributed by atoms with Crippen molar-refractivity contribution in [2.24, 2.45) is 5.92 Å². The lowest BCUT2D eigenvalue weighted by Crippen LogP contribution is -2.27. The molecule has 2 rings (SSSR count). The third-order valence-electron chi connectivity index (χ3n) is 3.75. The number of aliphatic carboxylic acids is 1. The van der Waals surface area contributed by atoms with E-state index in [1.165, 1.54) is 31.4 Å². The number of hydrogen-bond donors (Lipinski definition) is 2. The van der Waals surface area contributed by atoms with Crippen molar-refractivity contribution in [1.82, 2.24) is 0 Å². The molecule has 0 aliphatic rings. The molecule has 2 N–H and O–H groups in total. The van der Waals surface area contributed by atoms with Crippen LogP contribution in [0.25, 0.3) is 0 Å². The lowest BCUT2D eigenvalue weighted by Gasteiger charge is -2.15. The molecule has 0 fully saturated rings. The summed E-state index contributed by atoms with van der Waals surface area (Å²) in [5.74, 6) is -1.73. The molecule has 0 aliphatic carbocycles. The molecule has 2 aromatic rings.